The number of nitrogens with one attached hydrogen (secondary N) is 1. The number of hydrogen-bond acceptors (Lipinski definition) is 4. The first-order chi connectivity index (χ1) is 9.97. The second kappa shape index (κ2) is 11.0. The van der Waals surface area contributed by atoms with Gasteiger partial charge in [0.2, 0.25) is 0 Å². The van der Waals surface area contributed by atoms with Gasteiger partial charge in [-0.1, -0.05) is 20.8 Å². The van der Waals surface area contributed by atoms with E-state index in [2.05, 4.69) is 31.0 Å². The van der Waals surface area contributed by atoms with Crippen LogP contribution < -0.4 is 5.32 Å². The molecule has 0 saturated heterocycles. The first kappa shape index (κ1) is 20.3. The van der Waals surface area contributed by atoms with Gasteiger partial charge in [-0.3, -0.25) is 9.69 Å². The zero-order valence-electron chi connectivity index (χ0n) is 14.4. The third kappa shape index (κ3) is 6.76. The minimum atomic E-state index is -0.778. The summed E-state index contributed by atoms with van der Waals surface area (Å²) in [6.07, 6.45) is 3.09. The molecule has 0 aliphatic heterocycles. The Bertz CT molecular complexity index is 287. The van der Waals surface area contributed by atoms with E-state index in [0.717, 1.165) is 32.5 Å². The Morgan fingerprint density at radius 3 is 2.48 bits per heavy atom. The molecule has 0 amide bonds. The molecule has 2 atom stereocenters. The summed E-state index contributed by atoms with van der Waals surface area (Å²) in [5, 5.41) is 12.8. The molecule has 0 aliphatic carbocycles. The van der Waals surface area contributed by atoms with Gasteiger partial charge in [-0.15, -0.1) is 0 Å². The van der Waals surface area contributed by atoms with E-state index in [1.807, 2.05) is 6.92 Å². The van der Waals surface area contributed by atoms with Gasteiger partial charge in [0.15, 0.2) is 0 Å². The van der Waals surface area contributed by atoms with Crippen LogP contribution >= 0.6 is 0 Å². The lowest BCUT2D eigenvalue weighted by Gasteiger charge is -2.32. The van der Waals surface area contributed by atoms with Crippen LogP contribution in [0.1, 0.15) is 53.4 Å². The highest BCUT2D eigenvalue weighted by Gasteiger charge is 2.35. The number of likely N-dealkylation sites (N-methyl/N-ethyl adjacent to an activating group) is 1. The average Bonchev–Trinajstić information content (AvgIpc) is 2.47. The number of carbonyl (C=O) groups is 1. The number of ether oxygens (including phenoxy) is 1. The fraction of sp³-hybridized carbons (Fsp3) is 0.938. The maximum absolute atomic E-state index is 11.6. The normalized spacial score (nSPS) is 15.9. The van der Waals surface area contributed by atoms with Crippen molar-refractivity contribution in [1.29, 1.82) is 0 Å². The Labute approximate surface area is 130 Å². The highest BCUT2D eigenvalue weighted by Crippen LogP contribution is 2.19. The van der Waals surface area contributed by atoms with Crippen LogP contribution in [0, 0.1) is 0 Å². The van der Waals surface area contributed by atoms with E-state index in [4.69, 9.17) is 4.74 Å². The molecule has 0 heterocycles. The maximum Gasteiger partial charge on any atom is 0.323 e. The molecular formula is C16H34N2O3. The summed E-state index contributed by atoms with van der Waals surface area (Å²) in [5.41, 5.74) is -0.778. The number of rotatable bonds is 13. The fourth-order valence-corrected chi connectivity index (χ4v) is 2.71. The van der Waals surface area contributed by atoms with Gasteiger partial charge in [-0.2, -0.15) is 0 Å². The second-order valence-electron chi connectivity index (χ2n) is 5.70. The summed E-state index contributed by atoms with van der Waals surface area (Å²) >= 11 is 0. The zero-order valence-corrected chi connectivity index (χ0v) is 14.4. The molecule has 0 fully saturated rings. The van der Waals surface area contributed by atoms with Gasteiger partial charge in [0.25, 0.3) is 0 Å². The van der Waals surface area contributed by atoms with Crippen molar-refractivity contribution in [2.45, 2.75) is 65.0 Å². The van der Waals surface area contributed by atoms with Crippen LogP contribution in [0.5, 0.6) is 0 Å². The van der Waals surface area contributed by atoms with E-state index in [-0.39, 0.29) is 0 Å². The number of aliphatic carboxylic acids is 1. The van der Waals surface area contributed by atoms with Crippen LogP contribution in [0.3, 0.4) is 0 Å². The number of carboxylic acid groups (broad SMARTS) is 1. The second-order valence-corrected chi connectivity index (χ2v) is 5.70. The molecule has 5 heteroatoms. The lowest BCUT2D eigenvalue weighted by molar-refractivity contribution is -0.145. The van der Waals surface area contributed by atoms with Crippen molar-refractivity contribution < 1.29 is 14.6 Å². The van der Waals surface area contributed by atoms with Crippen LogP contribution in [0.4, 0.5) is 0 Å². The summed E-state index contributed by atoms with van der Waals surface area (Å²) in [7, 11) is 1.71. The SMILES string of the molecule is CCCNC(CC)(CCCN(CC)C(C)COC)C(=O)O. The van der Waals surface area contributed by atoms with Crippen LogP contribution in [-0.2, 0) is 9.53 Å². The molecule has 0 aliphatic rings. The molecular weight excluding hydrogens is 268 g/mol. The highest BCUT2D eigenvalue weighted by molar-refractivity contribution is 5.78. The maximum atomic E-state index is 11.6. The summed E-state index contributed by atoms with van der Waals surface area (Å²) in [5.74, 6) is -0.730. The molecule has 2 N–H and O–H groups in total. The van der Waals surface area contributed by atoms with Gasteiger partial charge in [0, 0.05) is 13.2 Å². The molecule has 0 bridgehead atoms. The molecule has 21 heavy (non-hydrogen) atoms. The Balaban J connectivity index is 4.50. The van der Waals surface area contributed by atoms with Crippen LogP contribution in [0.15, 0.2) is 0 Å². The molecule has 0 rings (SSSR count). The Hall–Kier alpha value is -0.650. The monoisotopic (exact) mass is 302 g/mol. The molecule has 126 valence electrons. The Kier molecular flexibility index (Phi) is 10.6. The van der Waals surface area contributed by atoms with Crippen LogP contribution in [0.25, 0.3) is 0 Å². The van der Waals surface area contributed by atoms with Crippen LogP contribution in [0.2, 0.25) is 0 Å². The molecule has 5 nitrogen and oxygen atoms in total. The standard InChI is InChI=1S/C16H34N2O3/c1-6-11-17-16(7-2,15(19)20)10-9-12-18(8-3)14(4)13-21-5/h14,17H,6-13H2,1-5H3,(H,19,20). The minimum Gasteiger partial charge on any atom is -0.480 e. The summed E-state index contributed by atoms with van der Waals surface area (Å²) in [4.78, 5) is 14.0. The van der Waals surface area contributed by atoms with Crippen molar-refractivity contribution in [1.82, 2.24) is 10.2 Å². The first-order valence-corrected chi connectivity index (χ1v) is 8.18. The number of hydrogen-bond donors (Lipinski definition) is 2. The van der Waals surface area contributed by atoms with E-state index >= 15 is 0 Å². The third-order valence-electron chi connectivity index (χ3n) is 4.21. The third-order valence-corrected chi connectivity index (χ3v) is 4.21. The quantitative estimate of drug-likeness (QED) is 0.547. The lowest BCUT2D eigenvalue weighted by atomic mass is 9.90. The zero-order chi connectivity index (χ0) is 16.3. The highest BCUT2D eigenvalue weighted by atomic mass is 16.5. The van der Waals surface area contributed by atoms with Gasteiger partial charge in [-0.25, -0.2) is 0 Å². The predicted octanol–water partition coefficient (Wildman–Crippen LogP) is 2.36. The van der Waals surface area contributed by atoms with E-state index < -0.39 is 11.5 Å². The van der Waals surface area contributed by atoms with Gasteiger partial charge in [0.1, 0.15) is 5.54 Å². The largest absolute Gasteiger partial charge is 0.480 e. The van der Waals surface area contributed by atoms with E-state index in [9.17, 15) is 9.90 Å². The van der Waals surface area contributed by atoms with Gasteiger partial charge >= 0.3 is 5.97 Å². The molecule has 0 aromatic heterocycles. The van der Waals surface area contributed by atoms with Gasteiger partial charge < -0.3 is 15.2 Å². The van der Waals surface area contributed by atoms with Crippen molar-refractivity contribution in [3.05, 3.63) is 0 Å². The Morgan fingerprint density at radius 1 is 1.38 bits per heavy atom. The van der Waals surface area contributed by atoms with Gasteiger partial charge in [0.05, 0.1) is 6.61 Å². The summed E-state index contributed by atoms with van der Waals surface area (Å²) in [6.45, 7) is 11.6. The molecule has 0 spiro atoms. The van der Waals surface area contributed by atoms with Crippen molar-refractivity contribution in [2.24, 2.45) is 0 Å². The van der Waals surface area contributed by atoms with Crippen molar-refractivity contribution in [2.75, 3.05) is 33.4 Å². The van der Waals surface area contributed by atoms with E-state index in [0.29, 0.717) is 25.5 Å². The average molecular weight is 302 g/mol. The van der Waals surface area contributed by atoms with E-state index in [1.165, 1.54) is 0 Å². The lowest BCUT2D eigenvalue weighted by Crippen LogP contribution is -2.52. The number of nitrogens with zero attached hydrogens (tertiary/aromatic N) is 1. The molecule has 0 radical (unpaired) electrons. The molecule has 0 aromatic rings. The predicted molar refractivity (Wildman–Crippen MR) is 86.8 cm³/mol. The molecule has 2 unspecified atom stereocenters. The number of methoxy groups -OCH3 is 1. The topological polar surface area (TPSA) is 61.8 Å². The minimum absolute atomic E-state index is 0.365. The summed E-state index contributed by atoms with van der Waals surface area (Å²) in [6, 6.07) is 0.365. The summed E-state index contributed by atoms with van der Waals surface area (Å²) < 4.78 is 5.20. The van der Waals surface area contributed by atoms with Crippen molar-refractivity contribution in [3.63, 3.8) is 0 Å². The van der Waals surface area contributed by atoms with Crippen molar-refractivity contribution in [3.8, 4) is 0 Å². The van der Waals surface area contributed by atoms with E-state index in [1.54, 1.807) is 7.11 Å². The molecule has 0 aromatic carbocycles. The van der Waals surface area contributed by atoms with Crippen LogP contribution in [-0.4, -0.2) is 60.9 Å². The molecule has 0 saturated carbocycles. The van der Waals surface area contributed by atoms with Gasteiger partial charge in [-0.05, 0) is 52.2 Å². The fourth-order valence-electron chi connectivity index (χ4n) is 2.71. The smallest absolute Gasteiger partial charge is 0.323 e. The first-order valence-electron chi connectivity index (χ1n) is 8.18. The van der Waals surface area contributed by atoms with Crippen molar-refractivity contribution >= 4 is 5.97 Å². The Morgan fingerprint density at radius 2 is 2.05 bits per heavy atom. The number of carboxylic acids is 1.